The normalized spacial score (nSPS) is 18.4. The van der Waals surface area contributed by atoms with Crippen LogP contribution in [0.3, 0.4) is 0 Å². The summed E-state index contributed by atoms with van der Waals surface area (Å²) < 4.78 is 5.19. The number of rotatable bonds is 5. The Balaban J connectivity index is 1.92. The van der Waals surface area contributed by atoms with Crippen LogP contribution in [0, 0.1) is 11.3 Å². The highest BCUT2D eigenvalue weighted by Crippen LogP contribution is 2.30. The summed E-state index contributed by atoms with van der Waals surface area (Å²) in [7, 11) is 5.88. The summed E-state index contributed by atoms with van der Waals surface area (Å²) in [5.74, 6) is 0.901. The van der Waals surface area contributed by atoms with Crippen LogP contribution >= 0.6 is 0 Å². The molecular weight excluding hydrogens is 262 g/mol. The van der Waals surface area contributed by atoms with Gasteiger partial charge in [0.25, 0.3) is 0 Å². The second-order valence-electron chi connectivity index (χ2n) is 6.08. The number of hydrogen-bond donors (Lipinski definition) is 0. The maximum absolute atomic E-state index is 9.08. The number of benzene rings is 1. The lowest BCUT2D eigenvalue weighted by Crippen LogP contribution is -2.52. The molecule has 1 aliphatic heterocycles. The van der Waals surface area contributed by atoms with Gasteiger partial charge >= 0.3 is 0 Å². The highest BCUT2D eigenvalue weighted by molar-refractivity contribution is 5.27. The number of piperidine rings is 1. The number of likely N-dealkylation sites (tertiary alicyclic amines) is 1. The zero-order valence-corrected chi connectivity index (χ0v) is 13.3. The van der Waals surface area contributed by atoms with Gasteiger partial charge in [0.1, 0.15) is 5.75 Å². The topological polar surface area (TPSA) is 39.5 Å². The van der Waals surface area contributed by atoms with E-state index in [1.165, 1.54) is 5.56 Å². The Bertz CT molecular complexity index is 482. The van der Waals surface area contributed by atoms with Gasteiger partial charge in [-0.05, 0) is 44.6 Å². The van der Waals surface area contributed by atoms with E-state index >= 15 is 0 Å². The van der Waals surface area contributed by atoms with Gasteiger partial charge in [-0.2, -0.15) is 5.26 Å². The Morgan fingerprint density at radius 3 is 2.33 bits per heavy atom. The molecule has 0 unspecified atom stereocenters. The van der Waals surface area contributed by atoms with E-state index in [4.69, 9.17) is 10.00 Å². The molecule has 4 heteroatoms. The molecule has 0 bridgehead atoms. The molecule has 1 heterocycles. The summed E-state index contributed by atoms with van der Waals surface area (Å²) in [4.78, 5) is 4.71. The van der Waals surface area contributed by atoms with E-state index in [2.05, 4.69) is 42.1 Å². The van der Waals surface area contributed by atoms with Crippen LogP contribution in [-0.4, -0.2) is 49.6 Å². The van der Waals surface area contributed by atoms with Crippen LogP contribution in [-0.2, 0) is 6.54 Å². The van der Waals surface area contributed by atoms with Crippen molar-refractivity contribution in [3.63, 3.8) is 0 Å². The summed E-state index contributed by atoms with van der Waals surface area (Å²) in [6, 6.07) is 10.6. The first-order chi connectivity index (χ1) is 10.1. The Morgan fingerprint density at radius 2 is 1.86 bits per heavy atom. The van der Waals surface area contributed by atoms with Crippen molar-refractivity contribution in [2.45, 2.75) is 31.3 Å². The van der Waals surface area contributed by atoms with E-state index in [-0.39, 0.29) is 5.54 Å². The molecule has 114 valence electrons. The molecule has 2 rings (SSSR count). The van der Waals surface area contributed by atoms with E-state index in [9.17, 15) is 0 Å². The molecule has 0 aliphatic carbocycles. The van der Waals surface area contributed by atoms with Gasteiger partial charge in [0, 0.05) is 25.2 Å². The van der Waals surface area contributed by atoms with Crippen molar-refractivity contribution in [1.82, 2.24) is 9.80 Å². The standard InChI is InChI=1S/C17H25N3O/c1-19(2)17(8-11-18)9-12-20(13-10-17)14-15-4-6-16(21-3)7-5-15/h4-7H,8-10,12-14H2,1-3H3. The van der Waals surface area contributed by atoms with E-state index in [0.717, 1.165) is 38.2 Å². The number of methoxy groups -OCH3 is 1. The van der Waals surface area contributed by atoms with Crippen LogP contribution in [0.2, 0.25) is 0 Å². The Morgan fingerprint density at radius 1 is 1.24 bits per heavy atom. The third-order valence-electron chi connectivity index (χ3n) is 4.71. The van der Waals surface area contributed by atoms with Crippen LogP contribution in [0.4, 0.5) is 0 Å². The van der Waals surface area contributed by atoms with Crippen molar-refractivity contribution in [3.05, 3.63) is 29.8 Å². The van der Waals surface area contributed by atoms with Gasteiger partial charge < -0.3 is 9.64 Å². The second-order valence-corrected chi connectivity index (χ2v) is 6.08. The van der Waals surface area contributed by atoms with Gasteiger partial charge in [0.05, 0.1) is 19.6 Å². The molecule has 0 radical (unpaired) electrons. The first-order valence-electron chi connectivity index (χ1n) is 7.49. The van der Waals surface area contributed by atoms with Gasteiger partial charge in [-0.1, -0.05) is 12.1 Å². The van der Waals surface area contributed by atoms with Gasteiger partial charge in [0.15, 0.2) is 0 Å². The monoisotopic (exact) mass is 287 g/mol. The minimum absolute atomic E-state index is 0.0607. The summed E-state index contributed by atoms with van der Waals surface area (Å²) >= 11 is 0. The average Bonchev–Trinajstić information content (AvgIpc) is 2.50. The molecule has 0 N–H and O–H groups in total. The second kappa shape index (κ2) is 6.93. The lowest BCUT2D eigenvalue weighted by Gasteiger charge is -2.45. The van der Waals surface area contributed by atoms with E-state index in [1.54, 1.807) is 7.11 Å². The summed E-state index contributed by atoms with van der Waals surface area (Å²) in [6.07, 6.45) is 2.74. The highest BCUT2D eigenvalue weighted by Gasteiger charge is 2.36. The zero-order valence-electron chi connectivity index (χ0n) is 13.3. The lowest BCUT2D eigenvalue weighted by molar-refractivity contribution is 0.0566. The van der Waals surface area contributed by atoms with Gasteiger partial charge in [0.2, 0.25) is 0 Å². The SMILES string of the molecule is COc1ccc(CN2CCC(CC#N)(N(C)C)CC2)cc1. The Labute approximate surface area is 127 Å². The molecule has 1 aliphatic rings. The number of nitrogens with zero attached hydrogens (tertiary/aromatic N) is 3. The van der Waals surface area contributed by atoms with Gasteiger partial charge in [-0.25, -0.2) is 0 Å². The van der Waals surface area contributed by atoms with Crippen LogP contribution in [0.5, 0.6) is 5.75 Å². The quantitative estimate of drug-likeness (QED) is 0.834. The van der Waals surface area contributed by atoms with E-state index < -0.39 is 0 Å². The highest BCUT2D eigenvalue weighted by atomic mass is 16.5. The fraction of sp³-hybridized carbons (Fsp3) is 0.588. The molecule has 4 nitrogen and oxygen atoms in total. The molecule has 0 amide bonds. The zero-order chi connectivity index (χ0) is 15.3. The molecule has 1 aromatic carbocycles. The first-order valence-corrected chi connectivity index (χ1v) is 7.49. The van der Waals surface area contributed by atoms with E-state index in [0.29, 0.717) is 6.42 Å². The maximum atomic E-state index is 9.08. The van der Waals surface area contributed by atoms with Crippen LogP contribution < -0.4 is 4.74 Å². The van der Waals surface area contributed by atoms with E-state index in [1.807, 2.05) is 12.1 Å². The molecule has 0 saturated carbocycles. The number of hydrogen-bond acceptors (Lipinski definition) is 4. The number of nitriles is 1. The molecule has 1 aromatic rings. The van der Waals surface area contributed by atoms with Crippen molar-refractivity contribution < 1.29 is 4.74 Å². The maximum Gasteiger partial charge on any atom is 0.118 e. The molecule has 21 heavy (non-hydrogen) atoms. The average molecular weight is 287 g/mol. The molecule has 1 saturated heterocycles. The van der Waals surface area contributed by atoms with Crippen LogP contribution in [0.15, 0.2) is 24.3 Å². The minimum atomic E-state index is 0.0607. The van der Waals surface area contributed by atoms with Crippen molar-refractivity contribution in [2.24, 2.45) is 0 Å². The Kier molecular flexibility index (Phi) is 5.22. The largest absolute Gasteiger partial charge is 0.497 e. The summed E-state index contributed by atoms with van der Waals surface area (Å²) in [5, 5.41) is 9.08. The van der Waals surface area contributed by atoms with Gasteiger partial charge in [-0.15, -0.1) is 0 Å². The fourth-order valence-corrected chi connectivity index (χ4v) is 3.05. The number of ether oxygens (including phenoxy) is 1. The summed E-state index contributed by atoms with van der Waals surface area (Å²) in [5.41, 5.74) is 1.37. The molecule has 0 aromatic heterocycles. The first kappa shape index (κ1) is 15.8. The summed E-state index contributed by atoms with van der Waals surface area (Å²) in [6.45, 7) is 3.07. The molecule has 0 spiro atoms. The van der Waals surface area contributed by atoms with Crippen LogP contribution in [0.1, 0.15) is 24.8 Å². The Hall–Kier alpha value is -1.57. The van der Waals surface area contributed by atoms with Crippen molar-refractivity contribution in [1.29, 1.82) is 5.26 Å². The van der Waals surface area contributed by atoms with Crippen molar-refractivity contribution in [2.75, 3.05) is 34.3 Å². The minimum Gasteiger partial charge on any atom is -0.497 e. The van der Waals surface area contributed by atoms with Gasteiger partial charge in [-0.3, -0.25) is 4.90 Å². The van der Waals surface area contributed by atoms with Crippen molar-refractivity contribution >= 4 is 0 Å². The third-order valence-corrected chi connectivity index (χ3v) is 4.71. The fourth-order valence-electron chi connectivity index (χ4n) is 3.05. The lowest BCUT2D eigenvalue weighted by atomic mass is 9.83. The van der Waals surface area contributed by atoms with Crippen molar-refractivity contribution in [3.8, 4) is 11.8 Å². The predicted molar refractivity (Wildman–Crippen MR) is 84.2 cm³/mol. The smallest absolute Gasteiger partial charge is 0.118 e. The third kappa shape index (κ3) is 3.75. The molecule has 1 fully saturated rings. The molecule has 0 atom stereocenters. The predicted octanol–water partition coefficient (Wildman–Crippen LogP) is 2.51. The van der Waals surface area contributed by atoms with Crippen LogP contribution in [0.25, 0.3) is 0 Å². The molecular formula is C17H25N3O.